The lowest BCUT2D eigenvalue weighted by atomic mass is 9.95. The molecule has 4 heteroatoms. The van der Waals surface area contributed by atoms with Gasteiger partial charge in [0, 0.05) is 12.6 Å². The maximum Gasteiger partial charge on any atom is 0.315 e. The minimum Gasteiger partial charge on any atom is -0.335 e. The van der Waals surface area contributed by atoms with Crippen molar-refractivity contribution in [3.8, 4) is 0 Å². The van der Waals surface area contributed by atoms with Crippen LogP contribution in [0.15, 0.2) is 0 Å². The van der Waals surface area contributed by atoms with E-state index in [-0.39, 0.29) is 6.04 Å². The lowest BCUT2D eigenvalue weighted by molar-refractivity contribution is -0.147. The molecule has 0 aromatic heterocycles. The summed E-state index contributed by atoms with van der Waals surface area (Å²) in [4.78, 5) is 12.3. The molecule has 0 bridgehead atoms. The molecule has 0 spiro atoms. The van der Waals surface area contributed by atoms with E-state index in [4.69, 9.17) is 0 Å². The van der Waals surface area contributed by atoms with Crippen LogP contribution in [0.3, 0.4) is 0 Å². The molecule has 1 amide bonds. The first-order valence-corrected chi connectivity index (χ1v) is 4.61. The van der Waals surface area contributed by atoms with Crippen molar-refractivity contribution in [2.75, 3.05) is 6.54 Å². The van der Waals surface area contributed by atoms with Gasteiger partial charge in [-0.3, -0.25) is 4.79 Å². The molecule has 1 aliphatic rings. The molecule has 1 heterocycles. The summed E-state index contributed by atoms with van der Waals surface area (Å²) < 4.78 is 24.2. The average molecular weight is 191 g/mol. The fourth-order valence-corrected chi connectivity index (χ4v) is 1.72. The normalized spacial score (nSPS) is 29.5. The molecule has 0 aromatic carbocycles. The fourth-order valence-electron chi connectivity index (χ4n) is 1.72. The molecule has 13 heavy (non-hydrogen) atoms. The van der Waals surface area contributed by atoms with Crippen molar-refractivity contribution >= 4 is 5.91 Å². The Morgan fingerprint density at radius 3 is 2.54 bits per heavy atom. The second-order valence-corrected chi connectivity index (χ2v) is 3.82. The van der Waals surface area contributed by atoms with Gasteiger partial charge >= 0.3 is 6.43 Å². The van der Waals surface area contributed by atoms with Crippen molar-refractivity contribution in [1.82, 2.24) is 4.90 Å². The summed E-state index contributed by atoms with van der Waals surface area (Å²) in [7, 11) is 0. The quantitative estimate of drug-likeness (QED) is 0.620. The molecule has 1 aliphatic heterocycles. The summed E-state index contributed by atoms with van der Waals surface area (Å²) in [5, 5.41) is 0. The van der Waals surface area contributed by atoms with Crippen molar-refractivity contribution in [3.63, 3.8) is 0 Å². The predicted octanol–water partition coefficient (Wildman–Crippen LogP) is 1.90. The maximum absolute atomic E-state index is 12.1. The number of carbonyl (C=O) groups excluding carboxylic acids is 1. The van der Waals surface area contributed by atoms with Gasteiger partial charge in [-0.05, 0) is 25.7 Å². The minimum absolute atomic E-state index is 0.0299. The van der Waals surface area contributed by atoms with Crippen LogP contribution in [0.1, 0.15) is 26.7 Å². The van der Waals surface area contributed by atoms with Gasteiger partial charge in [-0.15, -0.1) is 0 Å². The zero-order valence-corrected chi connectivity index (χ0v) is 7.96. The van der Waals surface area contributed by atoms with Crippen LogP contribution in [0.5, 0.6) is 0 Å². The molecule has 2 unspecified atom stereocenters. The van der Waals surface area contributed by atoms with Crippen LogP contribution in [-0.2, 0) is 4.79 Å². The summed E-state index contributed by atoms with van der Waals surface area (Å²) in [5.74, 6) is -0.669. The Morgan fingerprint density at radius 1 is 1.38 bits per heavy atom. The zero-order chi connectivity index (χ0) is 10.0. The molecular weight excluding hydrogens is 176 g/mol. The van der Waals surface area contributed by atoms with Crippen LogP contribution in [0, 0.1) is 5.92 Å². The van der Waals surface area contributed by atoms with E-state index in [1.165, 1.54) is 4.90 Å². The summed E-state index contributed by atoms with van der Waals surface area (Å²) in [6, 6.07) is -0.0299. The molecule has 1 rings (SSSR count). The van der Waals surface area contributed by atoms with Crippen LogP contribution >= 0.6 is 0 Å². The molecule has 2 atom stereocenters. The SMILES string of the molecule is CC1CCC(C)N(C(=O)C(F)F)C1. The number of hydrogen-bond donors (Lipinski definition) is 0. The van der Waals surface area contributed by atoms with Crippen LogP contribution < -0.4 is 0 Å². The van der Waals surface area contributed by atoms with E-state index in [2.05, 4.69) is 0 Å². The third-order valence-electron chi connectivity index (χ3n) is 2.59. The molecule has 0 radical (unpaired) electrons. The Morgan fingerprint density at radius 2 is 2.00 bits per heavy atom. The smallest absolute Gasteiger partial charge is 0.315 e. The van der Waals surface area contributed by atoms with Crippen molar-refractivity contribution < 1.29 is 13.6 Å². The average Bonchev–Trinajstić information content (AvgIpc) is 2.08. The minimum atomic E-state index is -2.85. The Labute approximate surface area is 76.9 Å². The van der Waals surface area contributed by atoms with Gasteiger partial charge in [0.1, 0.15) is 0 Å². The number of nitrogens with zero attached hydrogens (tertiary/aromatic N) is 1. The van der Waals surface area contributed by atoms with Gasteiger partial charge in [-0.1, -0.05) is 6.92 Å². The molecule has 0 N–H and O–H groups in total. The highest BCUT2D eigenvalue weighted by molar-refractivity contribution is 5.79. The van der Waals surface area contributed by atoms with Crippen LogP contribution in [0.25, 0.3) is 0 Å². The lowest BCUT2D eigenvalue weighted by Crippen LogP contribution is -2.47. The van der Waals surface area contributed by atoms with Gasteiger partial charge in [0.15, 0.2) is 0 Å². The number of piperidine rings is 1. The largest absolute Gasteiger partial charge is 0.335 e. The van der Waals surface area contributed by atoms with E-state index in [1.807, 2.05) is 13.8 Å². The van der Waals surface area contributed by atoms with E-state index in [0.717, 1.165) is 12.8 Å². The van der Waals surface area contributed by atoms with Crippen LogP contribution in [0.4, 0.5) is 8.78 Å². The van der Waals surface area contributed by atoms with Gasteiger partial charge in [0.2, 0.25) is 0 Å². The van der Waals surface area contributed by atoms with Gasteiger partial charge in [-0.25, -0.2) is 0 Å². The van der Waals surface area contributed by atoms with Crippen molar-refractivity contribution in [1.29, 1.82) is 0 Å². The number of carbonyl (C=O) groups is 1. The van der Waals surface area contributed by atoms with Crippen molar-refractivity contribution in [2.24, 2.45) is 5.92 Å². The molecule has 0 aliphatic carbocycles. The highest BCUT2D eigenvalue weighted by atomic mass is 19.3. The molecule has 1 saturated heterocycles. The molecular formula is C9H15F2NO. The summed E-state index contributed by atoms with van der Waals surface area (Å²) in [5.41, 5.74) is 0. The zero-order valence-electron chi connectivity index (χ0n) is 7.96. The molecule has 76 valence electrons. The van der Waals surface area contributed by atoms with E-state index in [0.29, 0.717) is 12.5 Å². The van der Waals surface area contributed by atoms with E-state index in [1.54, 1.807) is 0 Å². The highest BCUT2D eigenvalue weighted by Gasteiger charge is 2.31. The summed E-state index contributed by atoms with van der Waals surface area (Å²) >= 11 is 0. The van der Waals surface area contributed by atoms with Gasteiger partial charge in [-0.2, -0.15) is 8.78 Å². The summed E-state index contributed by atoms with van der Waals surface area (Å²) in [6.07, 6.45) is -0.999. The number of likely N-dealkylation sites (tertiary alicyclic amines) is 1. The lowest BCUT2D eigenvalue weighted by Gasteiger charge is -2.36. The topological polar surface area (TPSA) is 20.3 Å². The number of hydrogen-bond acceptors (Lipinski definition) is 1. The maximum atomic E-state index is 12.1. The highest BCUT2D eigenvalue weighted by Crippen LogP contribution is 2.22. The second-order valence-electron chi connectivity index (χ2n) is 3.82. The number of amides is 1. The first-order valence-electron chi connectivity index (χ1n) is 4.61. The Hall–Kier alpha value is -0.670. The van der Waals surface area contributed by atoms with Gasteiger partial charge in [0.25, 0.3) is 5.91 Å². The van der Waals surface area contributed by atoms with Crippen LogP contribution in [0.2, 0.25) is 0 Å². The van der Waals surface area contributed by atoms with Gasteiger partial charge in [0.05, 0.1) is 0 Å². The third kappa shape index (κ3) is 2.39. The summed E-state index contributed by atoms with van der Waals surface area (Å²) in [6.45, 7) is 4.29. The predicted molar refractivity (Wildman–Crippen MR) is 45.6 cm³/mol. The molecule has 0 saturated carbocycles. The van der Waals surface area contributed by atoms with E-state index < -0.39 is 12.3 Å². The second kappa shape index (κ2) is 4.03. The monoisotopic (exact) mass is 191 g/mol. The first kappa shape index (κ1) is 10.4. The number of alkyl halides is 2. The number of halogens is 2. The Balaban J connectivity index is 2.60. The molecule has 0 aromatic rings. The van der Waals surface area contributed by atoms with E-state index >= 15 is 0 Å². The van der Waals surface area contributed by atoms with Crippen LogP contribution in [-0.4, -0.2) is 29.8 Å². The Kier molecular flexibility index (Phi) is 3.22. The Bertz CT molecular complexity index is 196. The molecule has 2 nitrogen and oxygen atoms in total. The first-order chi connectivity index (χ1) is 6.02. The van der Waals surface area contributed by atoms with E-state index in [9.17, 15) is 13.6 Å². The van der Waals surface area contributed by atoms with Gasteiger partial charge < -0.3 is 4.90 Å². The van der Waals surface area contributed by atoms with Crippen molar-refractivity contribution in [2.45, 2.75) is 39.2 Å². The van der Waals surface area contributed by atoms with Crippen molar-refractivity contribution in [3.05, 3.63) is 0 Å². The third-order valence-corrected chi connectivity index (χ3v) is 2.59. The number of rotatable bonds is 1. The standard InChI is InChI=1S/C9H15F2NO/c1-6-3-4-7(2)12(5-6)9(13)8(10)11/h6-8H,3-5H2,1-2H3. The fraction of sp³-hybridized carbons (Fsp3) is 0.889. The molecule has 1 fully saturated rings.